The maximum atomic E-state index is 13.0. The number of aromatic nitrogens is 4. The van der Waals surface area contributed by atoms with E-state index in [1.165, 1.54) is 17.7 Å². The number of hydrogen-bond donors (Lipinski definition) is 2. The Morgan fingerprint density at radius 2 is 2.18 bits per heavy atom. The topological polar surface area (TPSA) is 111 Å². The molecule has 0 spiro atoms. The highest BCUT2D eigenvalue weighted by atomic mass is 16.5. The summed E-state index contributed by atoms with van der Waals surface area (Å²) in [7, 11) is 1.49. The lowest BCUT2D eigenvalue weighted by molar-refractivity contribution is 0.0525. The summed E-state index contributed by atoms with van der Waals surface area (Å²) < 4.78 is 11.6. The molecule has 9 nitrogen and oxygen atoms in total. The highest BCUT2D eigenvalue weighted by Crippen LogP contribution is 2.24. The summed E-state index contributed by atoms with van der Waals surface area (Å²) in [4.78, 5) is 37.1. The first-order valence-electron chi connectivity index (χ1n) is 8.59. The summed E-state index contributed by atoms with van der Waals surface area (Å²) in [5, 5.41) is 3.05. The number of H-pyrrole nitrogens is 1. The van der Waals surface area contributed by atoms with Crippen LogP contribution in [0.3, 0.4) is 0 Å². The van der Waals surface area contributed by atoms with Gasteiger partial charge >= 0.3 is 5.97 Å². The van der Waals surface area contributed by atoms with E-state index in [4.69, 9.17) is 9.47 Å². The fraction of sp³-hybridized carbons (Fsp3) is 0.158. The first-order valence-corrected chi connectivity index (χ1v) is 8.59. The summed E-state index contributed by atoms with van der Waals surface area (Å²) in [5.74, 6) is -0.253. The second-order valence-corrected chi connectivity index (χ2v) is 5.89. The van der Waals surface area contributed by atoms with Gasteiger partial charge in [0.15, 0.2) is 22.8 Å². The lowest BCUT2D eigenvalue weighted by Gasteiger charge is -2.13. The smallest absolute Gasteiger partial charge is 0.347 e. The van der Waals surface area contributed by atoms with Crippen molar-refractivity contribution in [2.45, 2.75) is 6.92 Å². The first kappa shape index (κ1) is 17.5. The molecule has 0 bridgehead atoms. The second-order valence-electron chi connectivity index (χ2n) is 5.89. The average molecular weight is 379 g/mol. The van der Waals surface area contributed by atoms with Crippen molar-refractivity contribution in [1.29, 1.82) is 0 Å². The lowest BCUT2D eigenvalue weighted by atomic mass is 10.2. The SMILES string of the molecule is CCOC(=O)c1c(Nc2ccc3nc[nH]c3c2)nc2c(OC)cccn2c1=O. The second kappa shape index (κ2) is 7.03. The fourth-order valence-corrected chi connectivity index (χ4v) is 2.92. The Morgan fingerprint density at radius 3 is 2.96 bits per heavy atom. The van der Waals surface area contributed by atoms with Crippen LogP contribution in [0.15, 0.2) is 47.7 Å². The maximum Gasteiger partial charge on any atom is 0.347 e. The molecule has 9 heteroatoms. The number of ether oxygens (including phenoxy) is 2. The van der Waals surface area contributed by atoms with Crippen molar-refractivity contribution < 1.29 is 14.3 Å². The molecule has 0 unspecified atom stereocenters. The minimum atomic E-state index is -0.748. The predicted molar refractivity (Wildman–Crippen MR) is 103 cm³/mol. The van der Waals surface area contributed by atoms with Crippen molar-refractivity contribution in [3.63, 3.8) is 0 Å². The van der Waals surface area contributed by atoms with Crippen molar-refractivity contribution in [3.05, 3.63) is 58.8 Å². The summed E-state index contributed by atoms with van der Waals surface area (Å²) in [6, 6.07) is 8.73. The zero-order valence-corrected chi connectivity index (χ0v) is 15.2. The highest BCUT2D eigenvalue weighted by molar-refractivity contribution is 5.96. The van der Waals surface area contributed by atoms with Crippen LogP contribution < -0.4 is 15.6 Å². The van der Waals surface area contributed by atoms with E-state index in [1.807, 2.05) is 12.1 Å². The first-order chi connectivity index (χ1) is 13.6. The molecule has 3 heterocycles. The van der Waals surface area contributed by atoms with Gasteiger partial charge in [0.2, 0.25) is 0 Å². The Morgan fingerprint density at radius 1 is 1.32 bits per heavy atom. The molecule has 4 aromatic rings. The van der Waals surface area contributed by atoms with Gasteiger partial charge in [0.05, 0.1) is 31.1 Å². The number of hydrogen-bond acceptors (Lipinski definition) is 7. The van der Waals surface area contributed by atoms with Gasteiger partial charge in [-0.3, -0.25) is 9.20 Å². The van der Waals surface area contributed by atoms with Crippen LogP contribution in [-0.2, 0) is 4.74 Å². The van der Waals surface area contributed by atoms with Gasteiger partial charge in [-0.1, -0.05) is 0 Å². The number of rotatable bonds is 5. The molecule has 2 N–H and O–H groups in total. The number of nitrogens with zero attached hydrogens (tertiary/aromatic N) is 3. The molecule has 4 rings (SSSR count). The van der Waals surface area contributed by atoms with Crippen molar-refractivity contribution in [2.24, 2.45) is 0 Å². The summed E-state index contributed by atoms with van der Waals surface area (Å²) in [5.41, 5.74) is 1.79. The molecule has 28 heavy (non-hydrogen) atoms. The van der Waals surface area contributed by atoms with Crippen LogP contribution in [0.2, 0.25) is 0 Å². The van der Waals surface area contributed by atoms with Gasteiger partial charge in [0.25, 0.3) is 5.56 Å². The summed E-state index contributed by atoms with van der Waals surface area (Å²) in [6.07, 6.45) is 3.11. The van der Waals surface area contributed by atoms with Crippen molar-refractivity contribution in [1.82, 2.24) is 19.4 Å². The number of benzene rings is 1. The molecule has 0 atom stereocenters. The fourth-order valence-electron chi connectivity index (χ4n) is 2.92. The van der Waals surface area contributed by atoms with Crippen LogP contribution in [-0.4, -0.2) is 39.0 Å². The molecule has 0 radical (unpaired) electrons. The molecule has 0 saturated carbocycles. The average Bonchev–Trinajstić information content (AvgIpc) is 3.16. The molecule has 3 aromatic heterocycles. The molecule has 1 aromatic carbocycles. The number of carbonyl (C=O) groups is 1. The number of esters is 1. The summed E-state index contributed by atoms with van der Waals surface area (Å²) in [6.45, 7) is 1.81. The zero-order chi connectivity index (χ0) is 19.7. The quantitative estimate of drug-likeness (QED) is 0.513. The molecule has 0 saturated heterocycles. The Hall–Kier alpha value is -3.88. The van der Waals surface area contributed by atoms with E-state index >= 15 is 0 Å². The summed E-state index contributed by atoms with van der Waals surface area (Å²) >= 11 is 0. The Balaban J connectivity index is 1.91. The number of nitrogens with one attached hydrogen (secondary N) is 2. The van der Waals surface area contributed by atoms with Crippen molar-refractivity contribution in [2.75, 3.05) is 19.0 Å². The number of aromatic amines is 1. The molecule has 0 fully saturated rings. The van der Waals surface area contributed by atoms with E-state index in [1.54, 1.807) is 31.5 Å². The monoisotopic (exact) mass is 379 g/mol. The van der Waals surface area contributed by atoms with E-state index in [9.17, 15) is 9.59 Å². The van der Waals surface area contributed by atoms with Gasteiger partial charge in [-0.05, 0) is 37.3 Å². The molecule has 0 aliphatic heterocycles. The van der Waals surface area contributed by atoms with Crippen LogP contribution in [0.4, 0.5) is 11.5 Å². The van der Waals surface area contributed by atoms with Crippen LogP contribution in [0, 0.1) is 0 Å². The van der Waals surface area contributed by atoms with Gasteiger partial charge in [0.1, 0.15) is 0 Å². The Kier molecular flexibility index (Phi) is 4.40. The number of anilines is 2. The van der Waals surface area contributed by atoms with E-state index < -0.39 is 11.5 Å². The molecule has 0 aliphatic rings. The lowest BCUT2D eigenvalue weighted by Crippen LogP contribution is -2.26. The Bertz CT molecular complexity index is 1240. The number of fused-ring (bicyclic) bond motifs is 2. The van der Waals surface area contributed by atoms with Gasteiger partial charge in [-0.25, -0.2) is 14.8 Å². The van der Waals surface area contributed by atoms with Gasteiger partial charge in [-0.15, -0.1) is 0 Å². The minimum Gasteiger partial charge on any atom is -0.493 e. The van der Waals surface area contributed by atoms with Crippen molar-refractivity contribution >= 4 is 34.2 Å². The molecule has 0 aliphatic carbocycles. The van der Waals surface area contributed by atoms with Gasteiger partial charge in [-0.2, -0.15) is 0 Å². The predicted octanol–water partition coefficient (Wildman–Crippen LogP) is 2.50. The molecular formula is C19H17N5O4. The largest absolute Gasteiger partial charge is 0.493 e. The standard InChI is InChI=1S/C19H17N5O4/c1-3-28-19(26)15-16(22-11-6-7-12-13(9-11)21-10-20-12)23-17-14(27-2)5-4-8-24(17)18(15)25/h4-10,22H,3H2,1-2H3,(H,20,21). The number of imidazole rings is 1. The molecular weight excluding hydrogens is 362 g/mol. The van der Waals surface area contributed by atoms with Crippen LogP contribution in [0.25, 0.3) is 16.7 Å². The number of pyridine rings is 1. The van der Waals surface area contributed by atoms with Crippen LogP contribution in [0.1, 0.15) is 17.3 Å². The third kappa shape index (κ3) is 2.92. The minimum absolute atomic E-state index is 0.0896. The normalized spacial score (nSPS) is 10.9. The number of carbonyl (C=O) groups excluding carboxylic acids is 1. The van der Waals surface area contributed by atoms with Gasteiger partial charge < -0.3 is 19.8 Å². The van der Waals surface area contributed by atoms with Gasteiger partial charge in [0, 0.05) is 11.9 Å². The van der Waals surface area contributed by atoms with E-state index in [0.29, 0.717) is 11.4 Å². The maximum absolute atomic E-state index is 13.0. The molecule has 142 valence electrons. The number of methoxy groups -OCH3 is 1. The third-order valence-corrected chi connectivity index (χ3v) is 4.20. The third-order valence-electron chi connectivity index (χ3n) is 4.20. The molecule has 0 amide bonds. The van der Waals surface area contributed by atoms with Crippen LogP contribution in [0.5, 0.6) is 5.75 Å². The van der Waals surface area contributed by atoms with E-state index in [2.05, 4.69) is 20.3 Å². The van der Waals surface area contributed by atoms with E-state index in [0.717, 1.165) is 11.0 Å². The highest BCUT2D eigenvalue weighted by Gasteiger charge is 2.22. The Labute approximate surface area is 159 Å². The zero-order valence-electron chi connectivity index (χ0n) is 15.2. The van der Waals surface area contributed by atoms with Crippen LogP contribution >= 0.6 is 0 Å². The van der Waals surface area contributed by atoms with E-state index in [-0.39, 0.29) is 23.6 Å². The van der Waals surface area contributed by atoms with Crippen molar-refractivity contribution in [3.8, 4) is 5.75 Å².